The molecule has 0 bridgehead atoms. The van der Waals surface area contributed by atoms with E-state index in [1.807, 2.05) is 24.3 Å². The van der Waals surface area contributed by atoms with Crippen LogP contribution >= 0.6 is 0 Å². The number of methoxy groups -OCH3 is 3. The van der Waals surface area contributed by atoms with Gasteiger partial charge in [0.2, 0.25) is 0 Å². The van der Waals surface area contributed by atoms with Crippen molar-refractivity contribution < 1.29 is 18.9 Å². The van der Waals surface area contributed by atoms with E-state index in [0.29, 0.717) is 17.3 Å². The van der Waals surface area contributed by atoms with E-state index in [1.54, 1.807) is 33.7 Å². The summed E-state index contributed by atoms with van der Waals surface area (Å²) in [4.78, 5) is 8.87. The SMILES string of the molecule is COc1cc(CO/C(C=N)=C/N=C/Nc2ccc(N3CCN(C)CC3)c(OC)c2)cc(OC)c1. The van der Waals surface area contributed by atoms with Gasteiger partial charge in [-0.25, -0.2) is 4.99 Å². The van der Waals surface area contributed by atoms with Gasteiger partial charge in [0.25, 0.3) is 0 Å². The third kappa shape index (κ3) is 6.89. The van der Waals surface area contributed by atoms with Crippen molar-refractivity contribution in [2.75, 3.05) is 64.8 Å². The minimum atomic E-state index is 0.253. The zero-order valence-corrected chi connectivity index (χ0v) is 20.2. The van der Waals surface area contributed by atoms with Crippen molar-refractivity contribution in [1.82, 2.24) is 4.90 Å². The summed E-state index contributed by atoms with van der Waals surface area (Å²) >= 11 is 0. The second-order valence-electron chi connectivity index (χ2n) is 7.78. The Hall–Kier alpha value is -3.72. The van der Waals surface area contributed by atoms with Crippen molar-refractivity contribution in [3.8, 4) is 17.2 Å². The van der Waals surface area contributed by atoms with Crippen LogP contribution in [0.15, 0.2) is 53.3 Å². The number of benzene rings is 2. The predicted octanol–water partition coefficient (Wildman–Crippen LogP) is 3.61. The number of hydrogen-bond donors (Lipinski definition) is 2. The Kier molecular flexibility index (Phi) is 9.16. The Morgan fingerprint density at radius 2 is 1.71 bits per heavy atom. The molecule has 2 N–H and O–H groups in total. The van der Waals surface area contributed by atoms with Gasteiger partial charge in [0.1, 0.15) is 23.9 Å². The standard InChI is InChI=1S/C25H33N5O4/c1-29-7-9-30(10-8-29)24-6-5-20(13-25(24)33-4)28-18-27-16-23(15-26)34-17-19-11-21(31-2)14-22(12-19)32-3/h5-6,11-16,18,26H,7-10,17H2,1-4H3,(H,27,28)/b23-16+,26-15?. The summed E-state index contributed by atoms with van der Waals surface area (Å²) in [5, 5.41) is 10.7. The number of piperazine rings is 1. The van der Waals surface area contributed by atoms with Crippen LogP contribution in [0, 0.1) is 5.41 Å². The highest BCUT2D eigenvalue weighted by molar-refractivity contribution is 5.79. The van der Waals surface area contributed by atoms with Crippen LogP contribution in [-0.4, -0.2) is 72.0 Å². The van der Waals surface area contributed by atoms with E-state index >= 15 is 0 Å². The zero-order chi connectivity index (χ0) is 24.3. The number of nitrogens with one attached hydrogen (secondary N) is 2. The van der Waals surface area contributed by atoms with Crippen LogP contribution < -0.4 is 24.4 Å². The number of likely N-dealkylation sites (N-methyl/N-ethyl adjacent to an activating group) is 1. The minimum Gasteiger partial charge on any atom is -0.497 e. The third-order valence-corrected chi connectivity index (χ3v) is 5.49. The number of hydrogen-bond acceptors (Lipinski definition) is 8. The molecule has 0 atom stereocenters. The lowest BCUT2D eigenvalue weighted by molar-refractivity contribution is 0.217. The quantitative estimate of drug-likeness (QED) is 0.296. The highest BCUT2D eigenvalue weighted by Gasteiger charge is 2.17. The number of allylic oxidation sites excluding steroid dienone is 1. The van der Waals surface area contributed by atoms with Gasteiger partial charge in [-0.3, -0.25) is 0 Å². The molecule has 0 aliphatic carbocycles. The van der Waals surface area contributed by atoms with E-state index in [0.717, 1.165) is 55.1 Å². The molecule has 0 spiro atoms. The van der Waals surface area contributed by atoms with Crippen LogP contribution in [0.2, 0.25) is 0 Å². The van der Waals surface area contributed by atoms with Gasteiger partial charge in [-0.05, 0) is 36.9 Å². The van der Waals surface area contributed by atoms with E-state index in [4.69, 9.17) is 24.4 Å². The maximum absolute atomic E-state index is 7.58. The largest absolute Gasteiger partial charge is 0.497 e. The van der Waals surface area contributed by atoms with Gasteiger partial charge in [0, 0.05) is 44.0 Å². The summed E-state index contributed by atoms with van der Waals surface area (Å²) in [5.41, 5.74) is 2.80. The number of ether oxygens (including phenoxy) is 4. The number of nitrogens with zero attached hydrogens (tertiary/aromatic N) is 3. The molecule has 0 unspecified atom stereocenters. The van der Waals surface area contributed by atoms with Crippen LogP contribution in [-0.2, 0) is 11.3 Å². The van der Waals surface area contributed by atoms with Crippen LogP contribution in [0.4, 0.5) is 11.4 Å². The van der Waals surface area contributed by atoms with Crippen molar-refractivity contribution in [2.45, 2.75) is 6.61 Å². The minimum absolute atomic E-state index is 0.253. The summed E-state index contributed by atoms with van der Waals surface area (Å²) in [6.45, 7) is 4.26. The Morgan fingerprint density at radius 1 is 1.00 bits per heavy atom. The van der Waals surface area contributed by atoms with Gasteiger partial charge in [-0.1, -0.05) is 0 Å². The molecule has 9 nitrogen and oxygen atoms in total. The monoisotopic (exact) mass is 467 g/mol. The lowest BCUT2D eigenvalue weighted by atomic mass is 10.2. The van der Waals surface area contributed by atoms with Gasteiger partial charge in [0.15, 0.2) is 5.76 Å². The molecular formula is C25H33N5O4. The molecule has 0 saturated carbocycles. The molecule has 0 aromatic heterocycles. The molecule has 1 fully saturated rings. The van der Waals surface area contributed by atoms with Crippen molar-refractivity contribution in [3.63, 3.8) is 0 Å². The Bertz CT molecular complexity index is 994. The molecule has 9 heteroatoms. The fraction of sp³-hybridized carbons (Fsp3) is 0.360. The second kappa shape index (κ2) is 12.5. The van der Waals surface area contributed by atoms with Gasteiger partial charge in [-0.2, -0.15) is 0 Å². The molecule has 1 aliphatic heterocycles. The smallest absolute Gasteiger partial charge is 0.155 e. The normalized spacial score (nSPS) is 14.7. The third-order valence-electron chi connectivity index (χ3n) is 5.49. The van der Waals surface area contributed by atoms with Gasteiger partial charge in [0.05, 0.1) is 45.8 Å². The van der Waals surface area contributed by atoms with Crippen molar-refractivity contribution in [2.24, 2.45) is 4.99 Å². The van der Waals surface area contributed by atoms with E-state index in [-0.39, 0.29) is 6.61 Å². The first-order chi connectivity index (χ1) is 16.6. The van der Waals surface area contributed by atoms with Crippen LogP contribution in [0.25, 0.3) is 0 Å². The summed E-state index contributed by atoms with van der Waals surface area (Å²) in [7, 11) is 7.01. The maximum Gasteiger partial charge on any atom is 0.155 e. The topological polar surface area (TPSA) is 91.6 Å². The molecule has 34 heavy (non-hydrogen) atoms. The fourth-order valence-electron chi connectivity index (χ4n) is 3.53. The van der Waals surface area contributed by atoms with Gasteiger partial charge < -0.3 is 39.5 Å². The highest BCUT2D eigenvalue weighted by atomic mass is 16.5. The lowest BCUT2D eigenvalue weighted by Gasteiger charge is -2.34. The number of aliphatic imine (C=N–C) groups is 1. The van der Waals surface area contributed by atoms with E-state index in [1.165, 1.54) is 6.20 Å². The van der Waals surface area contributed by atoms with Gasteiger partial charge in [-0.15, -0.1) is 0 Å². The van der Waals surface area contributed by atoms with Crippen LogP contribution in [0.5, 0.6) is 17.2 Å². The maximum atomic E-state index is 7.58. The first-order valence-corrected chi connectivity index (χ1v) is 11.0. The molecule has 182 valence electrons. The van der Waals surface area contributed by atoms with Crippen molar-refractivity contribution in [1.29, 1.82) is 5.41 Å². The van der Waals surface area contributed by atoms with E-state index < -0.39 is 0 Å². The molecule has 1 saturated heterocycles. The molecule has 3 rings (SSSR count). The van der Waals surface area contributed by atoms with E-state index in [9.17, 15) is 0 Å². The average Bonchev–Trinajstić information content (AvgIpc) is 2.88. The summed E-state index contributed by atoms with van der Waals surface area (Å²) in [5.74, 6) is 2.49. The Balaban J connectivity index is 1.58. The van der Waals surface area contributed by atoms with Crippen molar-refractivity contribution in [3.05, 3.63) is 53.9 Å². The number of anilines is 2. The molecule has 2 aromatic rings. The van der Waals surface area contributed by atoms with Crippen LogP contribution in [0.1, 0.15) is 5.56 Å². The van der Waals surface area contributed by atoms with E-state index in [2.05, 4.69) is 33.2 Å². The highest BCUT2D eigenvalue weighted by Crippen LogP contribution is 2.31. The Morgan fingerprint density at radius 3 is 2.32 bits per heavy atom. The first-order valence-electron chi connectivity index (χ1n) is 11.0. The Labute approximate surface area is 201 Å². The summed E-state index contributed by atoms with van der Waals surface area (Å²) in [6.07, 6.45) is 4.14. The first kappa shape index (κ1) is 24.9. The van der Waals surface area contributed by atoms with Gasteiger partial charge >= 0.3 is 0 Å². The van der Waals surface area contributed by atoms with Crippen LogP contribution in [0.3, 0.4) is 0 Å². The zero-order valence-electron chi connectivity index (χ0n) is 20.2. The molecule has 1 heterocycles. The second-order valence-corrected chi connectivity index (χ2v) is 7.78. The van der Waals surface area contributed by atoms with Crippen molar-refractivity contribution >= 4 is 23.9 Å². The average molecular weight is 468 g/mol. The number of rotatable bonds is 11. The molecular weight excluding hydrogens is 434 g/mol. The molecule has 0 radical (unpaired) electrons. The molecule has 0 amide bonds. The fourth-order valence-corrected chi connectivity index (χ4v) is 3.53. The molecule has 2 aromatic carbocycles. The predicted molar refractivity (Wildman–Crippen MR) is 136 cm³/mol. The summed E-state index contributed by atoms with van der Waals surface area (Å²) in [6, 6.07) is 11.5. The lowest BCUT2D eigenvalue weighted by Crippen LogP contribution is -2.44. The summed E-state index contributed by atoms with van der Waals surface area (Å²) < 4.78 is 21.9. The molecule has 1 aliphatic rings.